The zero-order valence-corrected chi connectivity index (χ0v) is 20.9. The second-order valence-corrected chi connectivity index (χ2v) is 10.5. The van der Waals surface area contributed by atoms with Gasteiger partial charge in [0.15, 0.2) is 23.3 Å². The minimum atomic E-state index is -0.853. The molecule has 0 fully saturated rings. The standard InChI is InChI=1S/C36H18F4/c37-33-15-29-11-25-7-21-3-1-19(5-23(21)9-27(25)13-31(29)17-35(33)39)20-2-4-22-8-26-12-30-16-34(38)36(40)18-32(30)14-28(26)10-24(22)6-20/h1-18H. The van der Waals surface area contributed by atoms with Gasteiger partial charge in [-0.1, -0.05) is 24.3 Å². The smallest absolute Gasteiger partial charge is 0.159 e. The molecule has 0 spiro atoms. The molecule has 0 aliphatic rings. The summed E-state index contributed by atoms with van der Waals surface area (Å²) in [5.41, 5.74) is 2.11. The molecule has 40 heavy (non-hydrogen) atoms. The zero-order chi connectivity index (χ0) is 27.1. The SMILES string of the molecule is Fc1cc2cc3cc4ccc(-c5ccc6cc7cc8cc(F)c(F)cc8cc7cc6c5)cc4cc3cc2cc1F. The van der Waals surface area contributed by atoms with E-state index in [1.165, 1.54) is 24.3 Å². The van der Waals surface area contributed by atoms with Crippen LogP contribution in [0.3, 0.4) is 0 Å². The summed E-state index contributed by atoms with van der Waals surface area (Å²) >= 11 is 0. The summed E-state index contributed by atoms with van der Waals surface area (Å²) in [6.07, 6.45) is 0. The third kappa shape index (κ3) is 3.60. The molecule has 0 amide bonds. The van der Waals surface area contributed by atoms with E-state index in [4.69, 9.17) is 0 Å². The maximum absolute atomic E-state index is 13.8. The van der Waals surface area contributed by atoms with Crippen molar-refractivity contribution in [1.82, 2.24) is 0 Å². The number of hydrogen-bond acceptors (Lipinski definition) is 0. The molecule has 0 unspecified atom stereocenters. The van der Waals surface area contributed by atoms with Crippen molar-refractivity contribution in [3.8, 4) is 11.1 Å². The van der Waals surface area contributed by atoms with Crippen LogP contribution in [0.5, 0.6) is 0 Å². The summed E-state index contributed by atoms with van der Waals surface area (Å²) in [4.78, 5) is 0. The topological polar surface area (TPSA) is 0 Å². The number of hydrogen-bond donors (Lipinski definition) is 0. The van der Waals surface area contributed by atoms with Gasteiger partial charge in [0.05, 0.1) is 0 Å². The molecule has 0 heterocycles. The first-order chi connectivity index (χ1) is 19.4. The minimum absolute atomic E-state index is 0.657. The van der Waals surface area contributed by atoms with Crippen LogP contribution in [0, 0.1) is 23.3 Å². The Kier molecular flexibility index (Phi) is 4.75. The van der Waals surface area contributed by atoms with Crippen LogP contribution in [0.1, 0.15) is 0 Å². The van der Waals surface area contributed by atoms with Crippen LogP contribution in [0.4, 0.5) is 17.6 Å². The first kappa shape index (κ1) is 23.0. The molecular formula is C36H18F4. The summed E-state index contributed by atoms with van der Waals surface area (Å²) < 4.78 is 55.2. The Hall–Kier alpha value is -4.96. The molecule has 0 nitrogen and oxygen atoms in total. The van der Waals surface area contributed by atoms with E-state index in [1.807, 2.05) is 24.3 Å². The number of benzene rings is 8. The first-order valence-electron chi connectivity index (χ1n) is 12.9. The lowest BCUT2D eigenvalue weighted by atomic mass is 9.94. The normalized spacial score (nSPS) is 12.0. The second-order valence-electron chi connectivity index (χ2n) is 10.5. The third-order valence-electron chi connectivity index (χ3n) is 7.91. The quantitative estimate of drug-likeness (QED) is 0.147. The van der Waals surface area contributed by atoms with E-state index in [-0.39, 0.29) is 0 Å². The highest BCUT2D eigenvalue weighted by Crippen LogP contribution is 2.34. The molecule has 0 aliphatic heterocycles. The highest BCUT2D eigenvalue weighted by Gasteiger charge is 2.10. The Morgan fingerprint density at radius 1 is 0.225 bits per heavy atom. The molecule has 0 aromatic heterocycles. The van der Waals surface area contributed by atoms with Crippen molar-refractivity contribution in [3.05, 3.63) is 132 Å². The second kappa shape index (κ2) is 8.27. The fourth-order valence-corrected chi connectivity index (χ4v) is 5.85. The first-order valence-corrected chi connectivity index (χ1v) is 12.9. The van der Waals surface area contributed by atoms with Gasteiger partial charge in [0.2, 0.25) is 0 Å². The lowest BCUT2D eigenvalue weighted by molar-refractivity contribution is 0.511. The van der Waals surface area contributed by atoms with E-state index < -0.39 is 23.3 Å². The molecule has 0 saturated carbocycles. The van der Waals surface area contributed by atoms with Gasteiger partial charge in [0.1, 0.15) is 0 Å². The predicted octanol–water partition coefficient (Wildman–Crippen LogP) is 10.8. The molecule has 0 N–H and O–H groups in total. The van der Waals surface area contributed by atoms with E-state index in [0.29, 0.717) is 21.5 Å². The maximum atomic E-state index is 13.8. The predicted molar refractivity (Wildman–Crippen MR) is 157 cm³/mol. The van der Waals surface area contributed by atoms with E-state index in [2.05, 4.69) is 60.7 Å². The van der Waals surface area contributed by atoms with Crippen molar-refractivity contribution in [3.63, 3.8) is 0 Å². The van der Waals surface area contributed by atoms with Crippen LogP contribution in [0.2, 0.25) is 0 Å². The Bertz CT molecular complexity index is 2200. The van der Waals surface area contributed by atoms with Gasteiger partial charge in [-0.15, -0.1) is 0 Å². The summed E-state index contributed by atoms with van der Waals surface area (Å²) in [5, 5.41) is 10.7. The highest BCUT2D eigenvalue weighted by molar-refractivity contribution is 6.07. The van der Waals surface area contributed by atoms with E-state index >= 15 is 0 Å². The monoisotopic (exact) mass is 526 g/mol. The molecule has 190 valence electrons. The van der Waals surface area contributed by atoms with Crippen molar-refractivity contribution in [2.75, 3.05) is 0 Å². The lowest BCUT2D eigenvalue weighted by Crippen LogP contribution is -1.86. The summed E-state index contributed by atoms with van der Waals surface area (Å²) in [7, 11) is 0. The molecule has 8 aromatic carbocycles. The Morgan fingerprint density at radius 2 is 0.450 bits per heavy atom. The number of halogens is 4. The van der Waals surface area contributed by atoms with Gasteiger partial charge < -0.3 is 0 Å². The van der Waals surface area contributed by atoms with Crippen LogP contribution in [-0.4, -0.2) is 0 Å². The zero-order valence-electron chi connectivity index (χ0n) is 20.9. The Morgan fingerprint density at radius 3 is 0.750 bits per heavy atom. The van der Waals surface area contributed by atoms with Gasteiger partial charge >= 0.3 is 0 Å². The molecule has 0 radical (unpaired) electrons. The number of fused-ring (bicyclic) bond motifs is 6. The van der Waals surface area contributed by atoms with Crippen LogP contribution in [0.15, 0.2) is 109 Å². The molecule has 0 saturated heterocycles. The average molecular weight is 527 g/mol. The molecule has 0 aliphatic carbocycles. The molecule has 4 heteroatoms. The third-order valence-corrected chi connectivity index (χ3v) is 7.91. The van der Waals surface area contributed by atoms with Crippen molar-refractivity contribution in [2.24, 2.45) is 0 Å². The van der Waals surface area contributed by atoms with Gasteiger partial charge in [0, 0.05) is 0 Å². The van der Waals surface area contributed by atoms with E-state index in [1.54, 1.807) is 0 Å². The van der Waals surface area contributed by atoms with E-state index in [9.17, 15) is 17.6 Å². The van der Waals surface area contributed by atoms with Gasteiger partial charge in [-0.25, -0.2) is 17.6 Å². The number of rotatable bonds is 1. The Labute approximate surface area is 225 Å². The van der Waals surface area contributed by atoms with Gasteiger partial charge in [-0.3, -0.25) is 0 Å². The summed E-state index contributed by atoms with van der Waals surface area (Å²) in [5.74, 6) is -3.40. The van der Waals surface area contributed by atoms with Gasteiger partial charge in [0.25, 0.3) is 0 Å². The highest BCUT2D eigenvalue weighted by atomic mass is 19.2. The van der Waals surface area contributed by atoms with Gasteiger partial charge in [-0.2, -0.15) is 0 Å². The van der Waals surface area contributed by atoms with Crippen molar-refractivity contribution in [1.29, 1.82) is 0 Å². The van der Waals surface area contributed by atoms with Crippen LogP contribution < -0.4 is 0 Å². The molecular weight excluding hydrogens is 508 g/mol. The van der Waals surface area contributed by atoms with Crippen LogP contribution in [0.25, 0.3) is 75.8 Å². The Balaban J connectivity index is 1.25. The largest absolute Gasteiger partial charge is 0.204 e. The van der Waals surface area contributed by atoms with Crippen molar-refractivity contribution in [2.45, 2.75) is 0 Å². The molecule has 8 rings (SSSR count). The summed E-state index contributed by atoms with van der Waals surface area (Å²) in [6.45, 7) is 0. The van der Waals surface area contributed by atoms with Crippen molar-refractivity contribution < 1.29 is 17.6 Å². The molecule has 0 bridgehead atoms. The minimum Gasteiger partial charge on any atom is -0.204 e. The fourth-order valence-electron chi connectivity index (χ4n) is 5.85. The lowest BCUT2D eigenvalue weighted by Gasteiger charge is -2.10. The molecule has 0 atom stereocenters. The van der Waals surface area contributed by atoms with Crippen molar-refractivity contribution >= 4 is 64.6 Å². The van der Waals surface area contributed by atoms with Gasteiger partial charge in [-0.05, 0) is 161 Å². The average Bonchev–Trinajstić information content (AvgIpc) is 2.94. The van der Waals surface area contributed by atoms with E-state index in [0.717, 1.165) is 54.2 Å². The van der Waals surface area contributed by atoms with Crippen LogP contribution >= 0.6 is 0 Å². The fraction of sp³-hybridized carbons (Fsp3) is 0. The molecule has 8 aromatic rings. The van der Waals surface area contributed by atoms with Crippen LogP contribution in [-0.2, 0) is 0 Å². The maximum Gasteiger partial charge on any atom is 0.159 e. The summed E-state index contributed by atoms with van der Waals surface area (Å²) in [6, 6.07) is 33.4.